The zero-order chi connectivity index (χ0) is 23.0. The van der Waals surface area contributed by atoms with Crippen molar-refractivity contribution in [3.05, 3.63) is 65.9 Å². The van der Waals surface area contributed by atoms with E-state index >= 15 is 0 Å². The molecule has 1 saturated heterocycles. The van der Waals surface area contributed by atoms with Crippen molar-refractivity contribution in [2.24, 2.45) is 0 Å². The molecule has 2 aromatic carbocycles. The largest absolute Gasteiger partial charge is 0.448 e. The van der Waals surface area contributed by atoms with E-state index in [-0.39, 0.29) is 10.7 Å². The molecule has 4 aromatic rings. The molecule has 2 aromatic heterocycles. The van der Waals surface area contributed by atoms with E-state index in [0.717, 1.165) is 10.2 Å². The van der Waals surface area contributed by atoms with E-state index in [0.29, 0.717) is 48.3 Å². The van der Waals surface area contributed by atoms with E-state index in [1.54, 1.807) is 31.2 Å². The number of ether oxygens (including phenoxy) is 1. The lowest BCUT2D eigenvalue weighted by Crippen LogP contribution is -2.40. The van der Waals surface area contributed by atoms with Gasteiger partial charge in [-0.2, -0.15) is 4.31 Å². The van der Waals surface area contributed by atoms with Crippen LogP contribution in [0.4, 0.5) is 5.69 Å². The number of rotatable bonds is 5. The first-order valence-corrected chi connectivity index (χ1v) is 12.6. The second-order valence-electron chi connectivity index (χ2n) is 7.60. The van der Waals surface area contributed by atoms with Crippen LogP contribution in [-0.4, -0.2) is 49.9 Å². The molecular formula is C23H21N3O5S2. The Morgan fingerprint density at radius 3 is 2.67 bits per heavy atom. The van der Waals surface area contributed by atoms with Gasteiger partial charge in [-0.05, 0) is 48.9 Å². The number of morpholine rings is 1. The third-order valence-corrected chi connectivity index (χ3v) is 8.46. The Morgan fingerprint density at radius 2 is 1.88 bits per heavy atom. The van der Waals surface area contributed by atoms with E-state index in [4.69, 9.17) is 9.15 Å². The van der Waals surface area contributed by atoms with E-state index in [1.165, 1.54) is 21.7 Å². The lowest BCUT2D eigenvalue weighted by molar-refractivity contribution is 0.0730. The molecule has 1 aliphatic heterocycles. The van der Waals surface area contributed by atoms with Gasteiger partial charge in [-0.1, -0.05) is 18.2 Å². The fraction of sp³-hybridized carbons (Fsp3) is 0.217. The maximum atomic E-state index is 13.1. The number of para-hydroxylation sites is 1. The topological polar surface area (TPSA) is 102 Å². The third kappa shape index (κ3) is 4.30. The number of amides is 1. The number of carbonyl (C=O) groups is 1. The second kappa shape index (κ2) is 8.71. The molecule has 0 atom stereocenters. The Labute approximate surface area is 194 Å². The van der Waals surface area contributed by atoms with Crippen molar-refractivity contribution in [3.8, 4) is 10.8 Å². The van der Waals surface area contributed by atoms with Gasteiger partial charge in [-0.25, -0.2) is 13.4 Å². The van der Waals surface area contributed by atoms with Gasteiger partial charge in [0.05, 0.1) is 28.3 Å². The van der Waals surface area contributed by atoms with Gasteiger partial charge < -0.3 is 14.5 Å². The normalized spacial score (nSPS) is 15.1. The van der Waals surface area contributed by atoms with Gasteiger partial charge in [0, 0.05) is 18.8 Å². The molecule has 8 nitrogen and oxygen atoms in total. The number of aryl methyl sites for hydroxylation is 1. The number of fused-ring (bicyclic) bond motifs is 1. The maximum absolute atomic E-state index is 13.1. The Hall–Kier alpha value is -3.05. The van der Waals surface area contributed by atoms with Gasteiger partial charge in [-0.3, -0.25) is 4.79 Å². The molecule has 0 bridgehead atoms. The van der Waals surface area contributed by atoms with Crippen molar-refractivity contribution in [1.29, 1.82) is 0 Å². The van der Waals surface area contributed by atoms with Crippen LogP contribution >= 0.6 is 11.3 Å². The van der Waals surface area contributed by atoms with E-state index in [2.05, 4.69) is 10.3 Å². The van der Waals surface area contributed by atoms with E-state index in [9.17, 15) is 13.2 Å². The Balaban J connectivity index is 1.36. The summed E-state index contributed by atoms with van der Waals surface area (Å²) in [6.07, 6.45) is 0. The molecule has 1 N–H and O–H groups in total. The Kier molecular flexibility index (Phi) is 5.75. The number of nitrogens with zero attached hydrogens (tertiary/aromatic N) is 2. The molecular weight excluding hydrogens is 462 g/mol. The maximum Gasteiger partial charge on any atom is 0.291 e. The summed E-state index contributed by atoms with van der Waals surface area (Å²) in [7, 11) is -3.69. The molecule has 1 fully saturated rings. The van der Waals surface area contributed by atoms with Crippen molar-refractivity contribution < 1.29 is 22.4 Å². The number of hydrogen-bond donors (Lipinski definition) is 1. The number of aromatic nitrogens is 1. The molecule has 3 heterocycles. The quantitative estimate of drug-likeness (QED) is 0.458. The fourth-order valence-corrected chi connectivity index (χ4v) is 6.21. The molecule has 0 spiro atoms. The van der Waals surface area contributed by atoms with Gasteiger partial charge in [0.25, 0.3) is 5.91 Å². The zero-order valence-electron chi connectivity index (χ0n) is 17.8. The summed E-state index contributed by atoms with van der Waals surface area (Å²) in [5.41, 5.74) is 1.85. The van der Waals surface area contributed by atoms with Crippen LogP contribution in [0.1, 0.15) is 16.1 Å². The first kappa shape index (κ1) is 21.8. The Morgan fingerprint density at radius 1 is 1.09 bits per heavy atom. The zero-order valence-corrected chi connectivity index (χ0v) is 19.4. The first-order valence-electron chi connectivity index (χ1n) is 10.4. The van der Waals surface area contributed by atoms with Gasteiger partial charge in [0.1, 0.15) is 0 Å². The van der Waals surface area contributed by atoms with Crippen LogP contribution in [0.2, 0.25) is 0 Å². The lowest BCUT2D eigenvalue weighted by Gasteiger charge is -2.26. The minimum absolute atomic E-state index is 0.113. The molecule has 0 unspecified atom stereocenters. The lowest BCUT2D eigenvalue weighted by atomic mass is 10.2. The van der Waals surface area contributed by atoms with Gasteiger partial charge >= 0.3 is 0 Å². The van der Waals surface area contributed by atoms with Crippen molar-refractivity contribution in [2.75, 3.05) is 31.6 Å². The molecule has 33 heavy (non-hydrogen) atoms. The molecule has 5 rings (SSSR count). The van der Waals surface area contributed by atoms with Crippen LogP contribution in [0.15, 0.2) is 63.9 Å². The second-order valence-corrected chi connectivity index (χ2v) is 10.5. The summed E-state index contributed by atoms with van der Waals surface area (Å²) in [6.45, 7) is 3.07. The van der Waals surface area contributed by atoms with Crippen molar-refractivity contribution in [3.63, 3.8) is 0 Å². The van der Waals surface area contributed by atoms with Crippen LogP contribution in [0.25, 0.3) is 21.0 Å². The summed E-state index contributed by atoms with van der Waals surface area (Å²) in [5.74, 6) is 0.143. The smallest absolute Gasteiger partial charge is 0.291 e. The average molecular weight is 484 g/mol. The highest BCUT2D eigenvalue weighted by molar-refractivity contribution is 7.89. The highest BCUT2D eigenvalue weighted by atomic mass is 32.2. The van der Waals surface area contributed by atoms with Gasteiger partial charge in [-0.15, -0.1) is 11.3 Å². The average Bonchev–Trinajstić information content (AvgIpc) is 3.48. The number of sulfonamides is 1. The van der Waals surface area contributed by atoms with Crippen LogP contribution in [0.3, 0.4) is 0 Å². The van der Waals surface area contributed by atoms with Crippen molar-refractivity contribution >= 4 is 43.2 Å². The predicted molar refractivity (Wildman–Crippen MR) is 126 cm³/mol. The minimum atomic E-state index is -3.69. The number of furan rings is 1. The summed E-state index contributed by atoms with van der Waals surface area (Å²) in [5, 5.41) is 3.42. The molecule has 1 aliphatic rings. The molecule has 1 amide bonds. The highest BCUT2D eigenvalue weighted by Gasteiger charge is 2.28. The molecule has 0 radical (unpaired) electrons. The number of anilines is 1. The summed E-state index contributed by atoms with van der Waals surface area (Å²) < 4.78 is 39.6. The number of nitrogens with one attached hydrogen (secondary N) is 1. The van der Waals surface area contributed by atoms with Crippen molar-refractivity contribution in [2.45, 2.75) is 11.8 Å². The highest BCUT2D eigenvalue weighted by Crippen LogP contribution is 2.31. The number of benzene rings is 2. The molecule has 170 valence electrons. The fourth-order valence-electron chi connectivity index (χ4n) is 3.63. The Bertz CT molecular complexity index is 1400. The molecule has 0 saturated carbocycles. The monoisotopic (exact) mass is 483 g/mol. The van der Waals surface area contributed by atoms with Crippen LogP contribution in [-0.2, 0) is 14.8 Å². The summed E-state index contributed by atoms with van der Waals surface area (Å²) in [6, 6.07) is 15.9. The van der Waals surface area contributed by atoms with Crippen LogP contribution in [0, 0.1) is 6.92 Å². The third-order valence-electron chi connectivity index (χ3n) is 5.37. The standard InChI is InChI=1S/C23H21N3O5S2/c1-15-6-7-16(14-21(15)33(28,29)26-10-12-30-13-11-26)24-22(27)18-8-9-19(31-18)23-25-17-4-2-3-5-20(17)32-23/h2-9,14H,10-13H2,1H3,(H,24,27). The number of carbonyl (C=O) groups excluding carboxylic acids is 1. The van der Waals surface area contributed by atoms with Crippen molar-refractivity contribution in [1.82, 2.24) is 9.29 Å². The summed E-state index contributed by atoms with van der Waals surface area (Å²) in [4.78, 5) is 17.5. The van der Waals surface area contributed by atoms with E-state index < -0.39 is 15.9 Å². The first-order chi connectivity index (χ1) is 15.9. The number of thiazole rings is 1. The van der Waals surface area contributed by atoms with Crippen LogP contribution in [0.5, 0.6) is 0 Å². The molecule has 10 heteroatoms. The molecule has 0 aliphatic carbocycles. The predicted octanol–water partition coefficient (Wildman–Crippen LogP) is 4.14. The number of hydrogen-bond acceptors (Lipinski definition) is 7. The summed E-state index contributed by atoms with van der Waals surface area (Å²) >= 11 is 1.48. The minimum Gasteiger partial charge on any atom is -0.448 e. The van der Waals surface area contributed by atoms with Crippen LogP contribution < -0.4 is 5.32 Å². The van der Waals surface area contributed by atoms with Gasteiger partial charge in [0.2, 0.25) is 10.0 Å². The van der Waals surface area contributed by atoms with Gasteiger partial charge in [0.15, 0.2) is 16.5 Å². The SMILES string of the molecule is Cc1ccc(NC(=O)c2ccc(-c3nc4ccccc4s3)o2)cc1S(=O)(=O)N1CCOCC1. The van der Waals surface area contributed by atoms with E-state index in [1.807, 2.05) is 24.3 Å².